The molecule has 2 aliphatic heterocycles. The number of ether oxygens (including phenoxy) is 1. The van der Waals surface area contributed by atoms with Gasteiger partial charge in [0.05, 0.1) is 24.3 Å². The Balaban J connectivity index is 1.97. The summed E-state index contributed by atoms with van der Waals surface area (Å²) in [4.78, 5) is 17.7. The number of hydrogen-bond acceptors (Lipinski definition) is 4. The Morgan fingerprint density at radius 3 is 2.63 bits per heavy atom. The van der Waals surface area contributed by atoms with Gasteiger partial charge < -0.3 is 10.1 Å². The number of carbonyl (C=O) groups is 1. The van der Waals surface area contributed by atoms with Crippen molar-refractivity contribution in [3.63, 3.8) is 0 Å². The molecular formula is C15H18N2O2. The first-order valence-corrected chi connectivity index (χ1v) is 7.01. The highest BCUT2D eigenvalue weighted by molar-refractivity contribution is 6.04. The number of ketones is 1. The van der Waals surface area contributed by atoms with Gasteiger partial charge in [-0.1, -0.05) is 0 Å². The summed E-state index contributed by atoms with van der Waals surface area (Å²) in [7, 11) is 0. The van der Waals surface area contributed by atoms with E-state index in [4.69, 9.17) is 4.74 Å². The molecule has 19 heavy (non-hydrogen) atoms. The summed E-state index contributed by atoms with van der Waals surface area (Å²) in [5, 5.41) is 3.37. The SMILES string of the molecule is Cc1ccnc2c1C1(CCNCC1)C(=O)C21COC1. The first kappa shape index (κ1) is 11.6. The molecule has 0 radical (unpaired) electrons. The first-order valence-electron chi connectivity index (χ1n) is 7.01. The molecule has 1 aromatic heterocycles. The molecule has 2 fully saturated rings. The van der Waals surface area contributed by atoms with Gasteiger partial charge in [-0.3, -0.25) is 9.78 Å². The number of carbonyl (C=O) groups excluding carboxylic acids is 1. The van der Waals surface area contributed by atoms with Crippen molar-refractivity contribution < 1.29 is 9.53 Å². The van der Waals surface area contributed by atoms with Gasteiger partial charge in [0.2, 0.25) is 0 Å². The van der Waals surface area contributed by atoms with Crippen molar-refractivity contribution in [1.82, 2.24) is 10.3 Å². The molecule has 0 saturated carbocycles. The first-order chi connectivity index (χ1) is 9.21. The lowest BCUT2D eigenvalue weighted by molar-refractivity contribution is -0.146. The van der Waals surface area contributed by atoms with Crippen molar-refractivity contribution in [2.45, 2.75) is 30.6 Å². The molecule has 4 heteroatoms. The van der Waals surface area contributed by atoms with Crippen molar-refractivity contribution in [3.05, 3.63) is 29.1 Å². The topological polar surface area (TPSA) is 51.2 Å². The normalized spacial score (nSPS) is 26.5. The van der Waals surface area contributed by atoms with E-state index in [1.54, 1.807) is 0 Å². The van der Waals surface area contributed by atoms with Gasteiger partial charge in [-0.15, -0.1) is 0 Å². The minimum Gasteiger partial charge on any atom is -0.378 e. The summed E-state index contributed by atoms with van der Waals surface area (Å²) < 4.78 is 5.38. The van der Waals surface area contributed by atoms with Crippen LogP contribution in [-0.4, -0.2) is 37.1 Å². The summed E-state index contributed by atoms with van der Waals surface area (Å²) in [6.07, 6.45) is 3.63. The number of rotatable bonds is 0. The lowest BCUT2D eigenvalue weighted by Gasteiger charge is -2.40. The minimum atomic E-state index is -0.432. The monoisotopic (exact) mass is 258 g/mol. The quantitative estimate of drug-likeness (QED) is 0.750. The third-order valence-electron chi connectivity index (χ3n) is 5.11. The zero-order chi connectivity index (χ0) is 13.1. The predicted molar refractivity (Wildman–Crippen MR) is 70.3 cm³/mol. The molecule has 0 atom stereocenters. The Hall–Kier alpha value is -1.26. The number of aromatic nitrogens is 1. The van der Waals surface area contributed by atoms with Crippen LogP contribution < -0.4 is 5.32 Å². The van der Waals surface area contributed by atoms with Crippen molar-refractivity contribution in [1.29, 1.82) is 0 Å². The summed E-state index contributed by atoms with van der Waals surface area (Å²) in [6.45, 7) is 4.97. The third kappa shape index (κ3) is 1.21. The maximum absolute atomic E-state index is 13.1. The molecule has 2 saturated heterocycles. The molecule has 2 spiro atoms. The highest BCUT2D eigenvalue weighted by Gasteiger charge is 2.64. The van der Waals surface area contributed by atoms with Crippen molar-refractivity contribution in [2.75, 3.05) is 26.3 Å². The van der Waals surface area contributed by atoms with Crippen LogP contribution in [0.3, 0.4) is 0 Å². The van der Waals surface area contributed by atoms with Crippen LogP contribution >= 0.6 is 0 Å². The van der Waals surface area contributed by atoms with E-state index < -0.39 is 5.41 Å². The van der Waals surface area contributed by atoms with Gasteiger partial charge >= 0.3 is 0 Å². The van der Waals surface area contributed by atoms with Crippen molar-refractivity contribution >= 4 is 5.78 Å². The van der Waals surface area contributed by atoms with Crippen molar-refractivity contribution in [3.8, 4) is 0 Å². The fourth-order valence-electron chi connectivity index (χ4n) is 4.11. The maximum atomic E-state index is 13.1. The van der Waals surface area contributed by atoms with E-state index in [-0.39, 0.29) is 5.41 Å². The fraction of sp³-hybridized carbons (Fsp3) is 0.600. The fourth-order valence-corrected chi connectivity index (χ4v) is 4.11. The number of piperidine rings is 1. The second-order valence-corrected chi connectivity index (χ2v) is 6.09. The van der Waals surface area contributed by atoms with Gasteiger partial charge in [-0.2, -0.15) is 0 Å². The third-order valence-corrected chi connectivity index (χ3v) is 5.11. The zero-order valence-electron chi connectivity index (χ0n) is 11.2. The Morgan fingerprint density at radius 1 is 1.26 bits per heavy atom. The van der Waals surface area contributed by atoms with E-state index in [1.165, 1.54) is 11.1 Å². The maximum Gasteiger partial charge on any atom is 0.160 e. The number of hydrogen-bond donors (Lipinski definition) is 1. The van der Waals surface area contributed by atoms with E-state index in [2.05, 4.69) is 17.2 Å². The molecule has 1 N–H and O–H groups in total. The Bertz CT molecular complexity index is 557. The van der Waals surface area contributed by atoms with Crippen LogP contribution in [0.2, 0.25) is 0 Å². The molecule has 4 rings (SSSR count). The van der Waals surface area contributed by atoms with Crippen LogP contribution in [0.1, 0.15) is 29.7 Å². The van der Waals surface area contributed by atoms with Crippen LogP contribution in [0.4, 0.5) is 0 Å². The van der Waals surface area contributed by atoms with Gasteiger partial charge in [0, 0.05) is 6.20 Å². The van der Waals surface area contributed by atoms with E-state index in [1.807, 2.05) is 12.3 Å². The Labute approximate surface area is 112 Å². The molecule has 3 heterocycles. The van der Waals surface area contributed by atoms with Crippen molar-refractivity contribution in [2.24, 2.45) is 0 Å². The van der Waals surface area contributed by atoms with Gasteiger partial charge in [-0.25, -0.2) is 0 Å². The second kappa shape index (κ2) is 3.64. The lowest BCUT2D eigenvalue weighted by atomic mass is 9.69. The molecular weight excluding hydrogens is 240 g/mol. The summed E-state index contributed by atoms with van der Waals surface area (Å²) in [5.74, 6) is 0.365. The number of nitrogens with one attached hydrogen (secondary N) is 1. The molecule has 1 aliphatic carbocycles. The molecule has 1 aromatic rings. The number of fused-ring (bicyclic) bond motifs is 3. The molecule has 100 valence electrons. The highest BCUT2D eigenvalue weighted by Crippen LogP contribution is 2.54. The number of Topliss-reactive ketones (excluding diaryl/α,β-unsaturated/α-hetero) is 1. The number of aryl methyl sites for hydroxylation is 1. The largest absolute Gasteiger partial charge is 0.378 e. The molecule has 3 aliphatic rings. The van der Waals surface area contributed by atoms with Gasteiger partial charge in [0.15, 0.2) is 5.78 Å². The van der Waals surface area contributed by atoms with Gasteiger partial charge in [0.25, 0.3) is 0 Å². The van der Waals surface area contributed by atoms with Gasteiger partial charge in [0.1, 0.15) is 5.41 Å². The average molecular weight is 258 g/mol. The Morgan fingerprint density at radius 2 is 2.00 bits per heavy atom. The predicted octanol–water partition coefficient (Wildman–Crippen LogP) is 0.862. The van der Waals surface area contributed by atoms with E-state index >= 15 is 0 Å². The summed E-state index contributed by atoms with van der Waals surface area (Å²) in [6, 6.07) is 2.04. The summed E-state index contributed by atoms with van der Waals surface area (Å²) >= 11 is 0. The smallest absolute Gasteiger partial charge is 0.160 e. The average Bonchev–Trinajstić information content (AvgIpc) is 2.58. The minimum absolute atomic E-state index is 0.303. The molecule has 0 bridgehead atoms. The van der Waals surface area contributed by atoms with Gasteiger partial charge in [-0.05, 0) is 50.0 Å². The second-order valence-electron chi connectivity index (χ2n) is 6.09. The standard InChI is InChI=1S/C15H18N2O2/c1-10-2-5-17-12-11(10)14(3-6-16-7-4-14)13(18)15(12)8-19-9-15/h2,5,16H,3-4,6-9H2,1H3. The zero-order valence-corrected chi connectivity index (χ0v) is 11.2. The molecule has 0 amide bonds. The highest BCUT2D eigenvalue weighted by atomic mass is 16.5. The number of nitrogens with zero attached hydrogens (tertiary/aromatic N) is 1. The van der Waals surface area contributed by atoms with Crippen LogP contribution in [0.5, 0.6) is 0 Å². The van der Waals surface area contributed by atoms with E-state index in [0.29, 0.717) is 19.0 Å². The molecule has 0 aromatic carbocycles. The number of pyridine rings is 1. The van der Waals surface area contributed by atoms with E-state index in [9.17, 15) is 4.79 Å². The Kier molecular flexibility index (Phi) is 2.22. The molecule has 0 unspecified atom stereocenters. The van der Waals surface area contributed by atoms with Crippen LogP contribution in [0.15, 0.2) is 12.3 Å². The lowest BCUT2D eigenvalue weighted by Crippen LogP contribution is -2.56. The van der Waals surface area contributed by atoms with Crippen LogP contribution in [0, 0.1) is 6.92 Å². The molecule has 4 nitrogen and oxygen atoms in total. The summed E-state index contributed by atoms with van der Waals surface area (Å²) in [5.41, 5.74) is 2.70. The van der Waals surface area contributed by atoms with E-state index in [0.717, 1.165) is 31.6 Å². The van der Waals surface area contributed by atoms with Crippen LogP contribution in [-0.2, 0) is 20.4 Å². The van der Waals surface area contributed by atoms with Crippen LogP contribution in [0.25, 0.3) is 0 Å².